The molecule has 0 aliphatic heterocycles. The van der Waals surface area contributed by atoms with E-state index in [1.807, 2.05) is 6.07 Å². The molecule has 0 amide bonds. The Morgan fingerprint density at radius 1 is 1.14 bits per heavy atom. The first kappa shape index (κ1) is 14.7. The van der Waals surface area contributed by atoms with Crippen molar-refractivity contribution in [3.63, 3.8) is 0 Å². The summed E-state index contributed by atoms with van der Waals surface area (Å²) in [5.74, 6) is -2.94. The fraction of sp³-hybridized carbons (Fsp3) is 0.176. The zero-order valence-electron chi connectivity index (χ0n) is 11.2. The van der Waals surface area contributed by atoms with E-state index < -0.39 is 23.6 Å². The lowest BCUT2D eigenvalue weighted by atomic mass is 9.80. The molecule has 0 aromatic heterocycles. The van der Waals surface area contributed by atoms with E-state index in [9.17, 15) is 14.4 Å². The first-order chi connectivity index (χ1) is 10.1. The Kier molecular flexibility index (Phi) is 4.68. The minimum Gasteiger partial charge on any atom is -0.481 e. The molecule has 2 aromatic rings. The minimum absolute atomic E-state index is 0.226. The number of rotatable bonds is 5. The Morgan fingerprint density at radius 3 is 2.33 bits per heavy atom. The molecule has 0 aliphatic carbocycles. The summed E-state index contributed by atoms with van der Waals surface area (Å²) < 4.78 is 13.9. The predicted octanol–water partition coefficient (Wildman–Crippen LogP) is 3.69. The second kappa shape index (κ2) is 6.67. The van der Waals surface area contributed by atoms with Crippen LogP contribution in [0, 0.1) is 17.1 Å². The highest BCUT2D eigenvalue weighted by atomic mass is 19.1. The van der Waals surface area contributed by atoms with Gasteiger partial charge < -0.3 is 5.11 Å². The van der Waals surface area contributed by atoms with Crippen molar-refractivity contribution in [1.82, 2.24) is 0 Å². The number of nitrogens with zero attached hydrogens (tertiary/aromatic N) is 1. The van der Waals surface area contributed by atoms with Crippen molar-refractivity contribution < 1.29 is 14.3 Å². The SMILES string of the molecule is N#CC(c1ccccc1F)C(CC(=O)O)c1ccccc1. The Balaban J connectivity index is 2.46. The normalized spacial score (nSPS) is 13.1. The summed E-state index contributed by atoms with van der Waals surface area (Å²) in [7, 11) is 0. The van der Waals surface area contributed by atoms with Crippen molar-refractivity contribution in [3.8, 4) is 6.07 Å². The largest absolute Gasteiger partial charge is 0.481 e. The second-order valence-corrected chi connectivity index (χ2v) is 4.74. The third-order valence-electron chi connectivity index (χ3n) is 3.40. The molecule has 106 valence electrons. The molecule has 2 unspecified atom stereocenters. The number of carboxylic acid groups (broad SMARTS) is 1. The van der Waals surface area contributed by atoms with Gasteiger partial charge in [0.05, 0.1) is 18.4 Å². The van der Waals surface area contributed by atoms with Crippen molar-refractivity contribution in [2.24, 2.45) is 0 Å². The van der Waals surface area contributed by atoms with Gasteiger partial charge in [-0.25, -0.2) is 4.39 Å². The van der Waals surface area contributed by atoms with Crippen molar-refractivity contribution in [1.29, 1.82) is 5.26 Å². The van der Waals surface area contributed by atoms with Crippen LogP contribution in [-0.4, -0.2) is 11.1 Å². The molecule has 1 N–H and O–H groups in total. The second-order valence-electron chi connectivity index (χ2n) is 4.74. The molecule has 21 heavy (non-hydrogen) atoms. The van der Waals surface area contributed by atoms with Crippen LogP contribution in [0.3, 0.4) is 0 Å². The van der Waals surface area contributed by atoms with E-state index in [0.29, 0.717) is 0 Å². The number of hydrogen-bond acceptors (Lipinski definition) is 2. The molecule has 0 spiro atoms. The summed E-state index contributed by atoms with van der Waals surface area (Å²) in [6.07, 6.45) is -0.226. The molecule has 3 nitrogen and oxygen atoms in total. The highest BCUT2D eigenvalue weighted by Gasteiger charge is 2.28. The Hall–Kier alpha value is -2.67. The molecular weight excluding hydrogens is 269 g/mol. The van der Waals surface area contributed by atoms with Crippen LogP contribution in [0.5, 0.6) is 0 Å². The minimum atomic E-state index is -1.01. The van der Waals surface area contributed by atoms with Gasteiger partial charge in [0, 0.05) is 11.5 Å². The van der Waals surface area contributed by atoms with Crippen molar-refractivity contribution in [2.45, 2.75) is 18.3 Å². The van der Waals surface area contributed by atoms with E-state index in [0.717, 1.165) is 5.56 Å². The summed E-state index contributed by atoms with van der Waals surface area (Å²) in [5, 5.41) is 18.5. The van der Waals surface area contributed by atoms with E-state index in [-0.39, 0.29) is 12.0 Å². The first-order valence-corrected chi connectivity index (χ1v) is 6.54. The first-order valence-electron chi connectivity index (χ1n) is 6.54. The quantitative estimate of drug-likeness (QED) is 0.910. The van der Waals surface area contributed by atoms with E-state index in [4.69, 9.17) is 5.11 Å². The maximum Gasteiger partial charge on any atom is 0.304 e. The molecule has 0 aliphatic rings. The Morgan fingerprint density at radius 2 is 1.76 bits per heavy atom. The van der Waals surface area contributed by atoms with Crippen LogP contribution in [0.25, 0.3) is 0 Å². The molecule has 2 atom stereocenters. The molecule has 2 aromatic carbocycles. The zero-order valence-corrected chi connectivity index (χ0v) is 11.2. The number of benzene rings is 2. The van der Waals surface area contributed by atoms with Crippen LogP contribution in [-0.2, 0) is 4.79 Å². The molecule has 0 radical (unpaired) electrons. The Bertz CT molecular complexity index is 664. The predicted molar refractivity (Wildman–Crippen MR) is 76.2 cm³/mol. The van der Waals surface area contributed by atoms with Gasteiger partial charge in [0.2, 0.25) is 0 Å². The van der Waals surface area contributed by atoms with E-state index in [1.165, 1.54) is 12.1 Å². The number of hydrogen-bond donors (Lipinski definition) is 1. The molecule has 0 bridgehead atoms. The molecule has 2 rings (SSSR count). The lowest BCUT2D eigenvalue weighted by Gasteiger charge is -2.21. The summed E-state index contributed by atoms with van der Waals surface area (Å²) in [5.41, 5.74) is 0.949. The molecule has 0 heterocycles. The molecule has 0 saturated heterocycles. The van der Waals surface area contributed by atoms with Gasteiger partial charge in [-0.1, -0.05) is 48.5 Å². The Labute approximate surface area is 122 Å². The summed E-state index contributed by atoms with van der Waals surface area (Å²) in [6, 6.07) is 16.9. The molecule has 0 saturated carbocycles. The van der Waals surface area contributed by atoms with Gasteiger partial charge in [-0.3, -0.25) is 4.79 Å². The van der Waals surface area contributed by atoms with Crippen LogP contribution in [0.2, 0.25) is 0 Å². The van der Waals surface area contributed by atoms with Crippen LogP contribution < -0.4 is 0 Å². The summed E-state index contributed by atoms with van der Waals surface area (Å²) in [4.78, 5) is 11.1. The number of carboxylic acids is 1. The maximum atomic E-state index is 13.9. The number of nitriles is 1. The van der Waals surface area contributed by atoms with Gasteiger partial charge in [0.15, 0.2) is 0 Å². The van der Waals surface area contributed by atoms with E-state index in [2.05, 4.69) is 6.07 Å². The summed E-state index contributed by atoms with van der Waals surface area (Å²) >= 11 is 0. The van der Waals surface area contributed by atoms with Crippen molar-refractivity contribution in [3.05, 3.63) is 71.5 Å². The lowest BCUT2D eigenvalue weighted by Crippen LogP contribution is -2.15. The lowest BCUT2D eigenvalue weighted by molar-refractivity contribution is -0.137. The van der Waals surface area contributed by atoms with Gasteiger partial charge in [0.1, 0.15) is 5.82 Å². The zero-order chi connectivity index (χ0) is 15.2. The highest BCUT2D eigenvalue weighted by Crippen LogP contribution is 2.36. The number of carbonyl (C=O) groups is 1. The van der Waals surface area contributed by atoms with Crippen LogP contribution in [0.15, 0.2) is 54.6 Å². The highest BCUT2D eigenvalue weighted by molar-refractivity contribution is 5.68. The standard InChI is InChI=1S/C17H14FNO2/c18-16-9-5-4-8-13(16)15(11-19)14(10-17(20)21)12-6-2-1-3-7-12/h1-9,14-15H,10H2,(H,20,21). The smallest absolute Gasteiger partial charge is 0.304 e. The molecular formula is C17H14FNO2. The van der Waals surface area contributed by atoms with E-state index >= 15 is 0 Å². The average molecular weight is 283 g/mol. The molecule has 4 heteroatoms. The van der Waals surface area contributed by atoms with Gasteiger partial charge in [-0.2, -0.15) is 5.26 Å². The van der Waals surface area contributed by atoms with Gasteiger partial charge in [-0.05, 0) is 11.6 Å². The van der Waals surface area contributed by atoms with Crippen LogP contribution in [0.4, 0.5) is 4.39 Å². The number of aliphatic carboxylic acids is 1. The monoisotopic (exact) mass is 283 g/mol. The fourth-order valence-electron chi connectivity index (χ4n) is 2.42. The summed E-state index contributed by atoms with van der Waals surface area (Å²) in [6.45, 7) is 0. The van der Waals surface area contributed by atoms with Crippen molar-refractivity contribution in [2.75, 3.05) is 0 Å². The van der Waals surface area contributed by atoms with Gasteiger partial charge in [0.25, 0.3) is 0 Å². The molecule has 0 fully saturated rings. The third-order valence-corrected chi connectivity index (χ3v) is 3.40. The van der Waals surface area contributed by atoms with Crippen molar-refractivity contribution >= 4 is 5.97 Å². The third kappa shape index (κ3) is 3.46. The van der Waals surface area contributed by atoms with Gasteiger partial charge in [-0.15, -0.1) is 0 Å². The average Bonchev–Trinajstić information content (AvgIpc) is 2.49. The maximum absolute atomic E-state index is 13.9. The van der Waals surface area contributed by atoms with Crippen LogP contribution in [0.1, 0.15) is 29.4 Å². The topological polar surface area (TPSA) is 61.1 Å². The fourth-order valence-corrected chi connectivity index (χ4v) is 2.42. The number of halogens is 1. The van der Waals surface area contributed by atoms with Crippen LogP contribution >= 0.6 is 0 Å². The van der Waals surface area contributed by atoms with Gasteiger partial charge >= 0.3 is 5.97 Å². The van der Waals surface area contributed by atoms with E-state index in [1.54, 1.807) is 36.4 Å².